The third-order valence-electron chi connectivity index (χ3n) is 3.57. The maximum atomic E-state index is 12.5. The van der Waals surface area contributed by atoms with Gasteiger partial charge in [0.15, 0.2) is 0 Å². The molecule has 0 spiro atoms. The number of nitrogens with zero attached hydrogens (tertiary/aromatic N) is 1. The van der Waals surface area contributed by atoms with Crippen molar-refractivity contribution in [2.75, 3.05) is 10.0 Å². The Morgan fingerprint density at radius 2 is 1.59 bits per heavy atom. The summed E-state index contributed by atoms with van der Waals surface area (Å²) in [6.45, 7) is 3.82. The lowest BCUT2D eigenvalue weighted by Crippen LogP contribution is -2.13. The molecule has 2 aromatic carbocycles. The van der Waals surface area contributed by atoms with Gasteiger partial charge in [-0.05, 0) is 62.4 Å². The minimum Gasteiger partial charge on any atom is -0.491 e. The van der Waals surface area contributed by atoms with Crippen LogP contribution in [-0.2, 0) is 10.0 Å². The maximum absolute atomic E-state index is 12.5. The van der Waals surface area contributed by atoms with Gasteiger partial charge in [0.2, 0.25) is 0 Å². The van der Waals surface area contributed by atoms with Gasteiger partial charge in [-0.1, -0.05) is 18.2 Å². The summed E-state index contributed by atoms with van der Waals surface area (Å²) in [6, 6.07) is 19.3. The molecule has 6 nitrogen and oxygen atoms in total. The quantitative estimate of drug-likeness (QED) is 0.631. The molecule has 2 N–H and O–H groups in total. The van der Waals surface area contributed by atoms with E-state index in [1.165, 1.54) is 18.3 Å². The fourth-order valence-electron chi connectivity index (χ4n) is 2.38. The molecule has 3 aromatic rings. The summed E-state index contributed by atoms with van der Waals surface area (Å²) >= 11 is 0. The van der Waals surface area contributed by atoms with Crippen molar-refractivity contribution in [1.82, 2.24) is 4.98 Å². The first-order valence-electron chi connectivity index (χ1n) is 8.50. The molecule has 140 valence electrons. The van der Waals surface area contributed by atoms with E-state index in [0.717, 1.165) is 5.69 Å². The van der Waals surface area contributed by atoms with Gasteiger partial charge in [-0.25, -0.2) is 13.4 Å². The van der Waals surface area contributed by atoms with Crippen LogP contribution in [0.1, 0.15) is 13.8 Å². The van der Waals surface area contributed by atoms with Crippen LogP contribution >= 0.6 is 0 Å². The molecule has 0 saturated heterocycles. The number of sulfonamides is 1. The molecule has 0 unspecified atom stereocenters. The van der Waals surface area contributed by atoms with Crippen LogP contribution in [0.25, 0.3) is 0 Å². The smallest absolute Gasteiger partial charge is 0.261 e. The minimum absolute atomic E-state index is 0.0275. The lowest BCUT2D eigenvalue weighted by Gasteiger charge is -2.11. The Kier molecular flexibility index (Phi) is 5.61. The number of anilines is 3. The third-order valence-corrected chi connectivity index (χ3v) is 4.96. The zero-order valence-electron chi connectivity index (χ0n) is 15.1. The highest BCUT2D eigenvalue weighted by molar-refractivity contribution is 7.92. The van der Waals surface area contributed by atoms with E-state index in [0.29, 0.717) is 17.3 Å². The van der Waals surface area contributed by atoms with Gasteiger partial charge in [0, 0.05) is 5.69 Å². The number of pyridine rings is 1. The number of ether oxygens (including phenoxy) is 1. The normalized spacial score (nSPS) is 11.2. The number of nitrogens with one attached hydrogen (secondary N) is 2. The molecule has 0 fully saturated rings. The van der Waals surface area contributed by atoms with Gasteiger partial charge in [0.25, 0.3) is 10.0 Å². The molecule has 1 heterocycles. The Hall–Kier alpha value is -3.06. The van der Waals surface area contributed by atoms with Crippen molar-refractivity contribution in [3.63, 3.8) is 0 Å². The fourth-order valence-corrected chi connectivity index (χ4v) is 3.42. The second-order valence-electron chi connectivity index (χ2n) is 6.17. The zero-order chi connectivity index (χ0) is 19.3. The largest absolute Gasteiger partial charge is 0.491 e. The average molecular weight is 383 g/mol. The van der Waals surface area contributed by atoms with E-state index in [9.17, 15) is 8.42 Å². The number of aromatic nitrogens is 1. The van der Waals surface area contributed by atoms with Crippen LogP contribution in [-0.4, -0.2) is 19.5 Å². The Morgan fingerprint density at radius 3 is 2.19 bits per heavy atom. The summed E-state index contributed by atoms with van der Waals surface area (Å²) in [7, 11) is -3.70. The van der Waals surface area contributed by atoms with E-state index in [2.05, 4.69) is 15.0 Å². The van der Waals surface area contributed by atoms with Crippen molar-refractivity contribution in [1.29, 1.82) is 0 Å². The molecule has 0 atom stereocenters. The molecule has 0 saturated carbocycles. The summed E-state index contributed by atoms with van der Waals surface area (Å²) in [4.78, 5) is 4.40. The maximum Gasteiger partial charge on any atom is 0.261 e. The molecule has 0 amide bonds. The Labute approximate surface area is 159 Å². The summed E-state index contributed by atoms with van der Waals surface area (Å²) in [5, 5.41) is 3.15. The molecule has 3 rings (SSSR count). The monoisotopic (exact) mass is 383 g/mol. The van der Waals surface area contributed by atoms with Crippen LogP contribution in [0.2, 0.25) is 0 Å². The van der Waals surface area contributed by atoms with Crippen LogP contribution in [0.5, 0.6) is 5.75 Å². The molecule has 1 aromatic heterocycles. The van der Waals surface area contributed by atoms with E-state index in [1.54, 1.807) is 24.3 Å². The molecule has 0 radical (unpaired) electrons. The SMILES string of the molecule is CC(C)Oc1ccc(S(=O)(=O)Nc2ccc(Nc3ccccc3)nc2)cc1. The number of rotatable bonds is 7. The van der Waals surface area contributed by atoms with Crippen LogP contribution < -0.4 is 14.8 Å². The Morgan fingerprint density at radius 1 is 0.889 bits per heavy atom. The fraction of sp³-hybridized carbons (Fsp3) is 0.150. The topological polar surface area (TPSA) is 80.3 Å². The standard InChI is InChI=1S/C20H21N3O3S/c1-15(2)26-18-9-11-19(12-10-18)27(24,25)23-17-8-13-20(21-14-17)22-16-6-4-3-5-7-16/h3-15,23H,1-2H3,(H,21,22). The van der Waals surface area contributed by atoms with E-state index in [-0.39, 0.29) is 11.0 Å². The van der Waals surface area contributed by atoms with Crippen LogP contribution in [0, 0.1) is 0 Å². The lowest BCUT2D eigenvalue weighted by atomic mass is 10.3. The van der Waals surface area contributed by atoms with Crippen molar-refractivity contribution >= 4 is 27.2 Å². The molecule has 7 heteroatoms. The number of hydrogen-bond acceptors (Lipinski definition) is 5. The predicted octanol–water partition coefficient (Wildman–Crippen LogP) is 4.41. The van der Waals surface area contributed by atoms with E-state index >= 15 is 0 Å². The molecule has 0 aliphatic rings. The lowest BCUT2D eigenvalue weighted by molar-refractivity contribution is 0.242. The Balaban J connectivity index is 1.68. The summed E-state index contributed by atoms with van der Waals surface area (Å²) < 4.78 is 33.1. The van der Waals surface area contributed by atoms with Gasteiger partial charge in [0.1, 0.15) is 11.6 Å². The minimum atomic E-state index is -3.70. The highest BCUT2D eigenvalue weighted by Gasteiger charge is 2.14. The molecular weight excluding hydrogens is 362 g/mol. The first-order chi connectivity index (χ1) is 12.9. The van der Waals surface area contributed by atoms with Gasteiger partial charge in [0.05, 0.1) is 22.9 Å². The van der Waals surface area contributed by atoms with Crippen molar-refractivity contribution in [2.45, 2.75) is 24.8 Å². The first-order valence-corrected chi connectivity index (χ1v) is 9.98. The highest BCUT2D eigenvalue weighted by atomic mass is 32.2. The van der Waals surface area contributed by atoms with Crippen LogP contribution in [0.15, 0.2) is 77.8 Å². The Bertz CT molecular complexity index is 971. The van der Waals surface area contributed by atoms with Crippen LogP contribution in [0.3, 0.4) is 0 Å². The van der Waals surface area contributed by atoms with E-state index in [4.69, 9.17) is 4.74 Å². The molecule has 0 aliphatic heterocycles. The van der Waals surface area contributed by atoms with Crippen molar-refractivity contribution in [3.8, 4) is 5.75 Å². The van der Waals surface area contributed by atoms with Crippen molar-refractivity contribution < 1.29 is 13.2 Å². The van der Waals surface area contributed by atoms with Crippen molar-refractivity contribution in [3.05, 3.63) is 72.9 Å². The van der Waals surface area contributed by atoms with Crippen molar-refractivity contribution in [2.24, 2.45) is 0 Å². The van der Waals surface area contributed by atoms with Gasteiger partial charge >= 0.3 is 0 Å². The van der Waals surface area contributed by atoms with E-state index in [1.807, 2.05) is 44.2 Å². The second kappa shape index (κ2) is 8.09. The third kappa shape index (κ3) is 5.21. The molecular formula is C20H21N3O3S. The van der Waals surface area contributed by atoms with Crippen LogP contribution in [0.4, 0.5) is 17.2 Å². The number of para-hydroxylation sites is 1. The number of hydrogen-bond donors (Lipinski definition) is 2. The predicted molar refractivity (Wildman–Crippen MR) is 107 cm³/mol. The summed E-state index contributed by atoms with van der Waals surface area (Å²) in [6.07, 6.45) is 1.50. The molecule has 27 heavy (non-hydrogen) atoms. The van der Waals surface area contributed by atoms with Gasteiger partial charge in [-0.3, -0.25) is 4.72 Å². The molecule has 0 aliphatic carbocycles. The van der Waals surface area contributed by atoms with E-state index < -0.39 is 10.0 Å². The zero-order valence-corrected chi connectivity index (χ0v) is 15.9. The second-order valence-corrected chi connectivity index (χ2v) is 7.85. The number of benzene rings is 2. The average Bonchev–Trinajstić information content (AvgIpc) is 2.64. The summed E-state index contributed by atoms with van der Waals surface area (Å²) in [5.74, 6) is 1.25. The van der Waals surface area contributed by atoms with Gasteiger partial charge in [-0.15, -0.1) is 0 Å². The van der Waals surface area contributed by atoms with Gasteiger partial charge in [-0.2, -0.15) is 0 Å². The highest BCUT2D eigenvalue weighted by Crippen LogP contribution is 2.21. The van der Waals surface area contributed by atoms with Gasteiger partial charge < -0.3 is 10.1 Å². The summed E-state index contributed by atoms with van der Waals surface area (Å²) in [5.41, 5.74) is 1.29. The molecule has 0 bridgehead atoms. The first kappa shape index (κ1) is 18.7.